The molecule has 0 aromatic rings. The van der Waals surface area contributed by atoms with Crippen molar-refractivity contribution >= 4 is 0 Å². The van der Waals surface area contributed by atoms with Gasteiger partial charge < -0.3 is 44.5 Å². The third-order valence-corrected chi connectivity index (χ3v) is 4.05. The Hall–Kier alpha value is -0.360. The van der Waals surface area contributed by atoms with E-state index in [2.05, 4.69) is 0 Å². The highest BCUT2D eigenvalue weighted by atomic mass is 16.7. The smallest absolute Gasteiger partial charge is 0.160 e. The molecule has 2 fully saturated rings. The molecule has 2 rings (SSSR count). The number of aliphatic hydroxyl groups excluding tert-OH is 5. The lowest BCUT2D eigenvalue weighted by Gasteiger charge is -2.39. The topological polar surface area (TPSA) is 138 Å². The van der Waals surface area contributed by atoms with Crippen molar-refractivity contribution in [3.05, 3.63) is 0 Å². The van der Waals surface area contributed by atoms with Gasteiger partial charge in [-0.1, -0.05) is 0 Å². The minimum Gasteiger partial charge on any atom is -0.394 e. The molecule has 0 aromatic carbocycles. The molecular formula is C14H26O9. The molecule has 0 radical (unpaired) electrons. The zero-order valence-electron chi connectivity index (χ0n) is 13.0. The highest BCUT2D eigenvalue weighted by molar-refractivity contribution is 4.85. The average molecular weight is 338 g/mol. The summed E-state index contributed by atoms with van der Waals surface area (Å²) in [6.45, 7) is 1.66. The highest BCUT2D eigenvalue weighted by Crippen LogP contribution is 2.25. The average Bonchev–Trinajstić information content (AvgIpc) is 2.52. The van der Waals surface area contributed by atoms with Gasteiger partial charge in [0.2, 0.25) is 0 Å². The third kappa shape index (κ3) is 4.81. The summed E-state index contributed by atoms with van der Waals surface area (Å²) >= 11 is 0. The zero-order chi connectivity index (χ0) is 17.0. The Morgan fingerprint density at radius 1 is 0.870 bits per heavy atom. The number of hydrogen-bond acceptors (Lipinski definition) is 9. The summed E-state index contributed by atoms with van der Waals surface area (Å²) in [5, 5.41) is 48.3. The van der Waals surface area contributed by atoms with E-state index >= 15 is 0 Å². The van der Waals surface area contributed by atoms with E-state index in [-0.39, 0.29) is 19.4 Å². The fraction of sp³-hybridized carbons (Fsp3) is 1.00. The Labute approximate surface area is 134 Å². The van der Waals surface area contributed by atoms with Crippen LogP contribution >= 0.6 is 0 Å². The molecule has 2 saturated heterocycles. The van der Waals surface area contributed by atoms with E-state index in [1.165, 1.54) is 0 Å². The molecule has 0 aromatic heterocycles. The van der Waals surface area contributed by atoms with Crippen LogP contribution in [0.2, 0.25) is 0 Å². The van der Waals surface area contributed by atoms with E-state index in [0.717, 1.165) is 0 Å². The van der Waals surface area contributed by atoms with Crippen LogP contribution in [0.15, 0.2) is 0 Å². The van der Waals surface area contributed by atoms with Crippen LogP contribution in [0.3, 0.4) is 0 Å². The first-order valence-electron chi connectivity index (χ1n) is 7.83. The molecule has 2 aliphatic rings. The molecule has 2 aliphatic heterocycles. The summed E-state index contributed by atoms with van der Waals surface area (Å²) in [6, 6.07) is 0. The summed E-state index contributed by atoms with van der Waals surface area (Å²) < 4.78 is 21.6. The SMILES string of the molecule is CCOC1C[C@@H](O)C(O)C(CO[C@@H]2CC(O)[C@H](O)C(CO)O2)O1. The Kier molecular flexibility index (Phi) is 7.14. The van der Waals surface area contributed by atoms with Crippen LogP contribution in [-0.4, -0.2) is 94.6 Å². The van der Waals surface area contributed by atoms with Gasteiger partial charge in [0.25, 0.3) is 0 Å². The molecule has 136 valence electrons. The number of ether oxygens (including phenoxy) is 4. The first-order chi connectivity index (χ1) is 11.0. The predicted octanol–water partition coefficient (Wildman–Crippen LogP) is -2.29. The summed E-state index contributed by atoms with van der Waals surface area (Å²) in [5.41, 5.74) is 0. The number of rotatable bonds is 6. The molecule has 0 saturated carbocycles. The van der Waals surface area contributed by atoms with Crippen molar-refractivity contribution in [2.45, 2.75) is 69.0 Å². The largest absolute Gasteiger partial charge is 0.394 e. The van der Waals surface area contributed by atoms with Crippen molar-refractivity contribution in [3.8, 4) is 0 Å². The summed E-state index contributed by atoms with van der Waals surface area (Å²) in [5.74, 6) is 0. The van der Waals surface area contributed by atoms with Crippen LogP contribution in [0.25, 0.3) is 0 Å². The monoisotopic (exact) mass is 338 g/mol. The predicted molar refractivity (Wildman–Crippen MR) is 75.2 cm³/mol. The molecule has 0 amide bonds. The second kappa shape index (κ2) is 8.65. The standard InChI is InChI=1S/C14H26O9/c1-2-20-11-3-8(17)14(19)10(23-11)6-21-12-4-7(16)13(18)9(5-15)22-12/h7-19H,2-6H2,1H3/t7?,8-,9?,10?,11?,12+,13+,14?/m1/s1. The molecule has 5 unspecified atom stereocenters. The van der Waals surface area contributed by atoms with Gasteiger partial charge in [-0.05, 0) is 6.92 Å². The van der Waals surface area contributed by atoms with Crippen molar-refractivity contribution in [2.75, 3.05) is 19.8 Å². The normalized spacial score (nSPS) is 45.1. The quantitative estimate of drug-likeness (QED) is 0.362. The van der Waals surface area contributed by atoms with E-state index in [4.69, 9.17) is 24.1 Å². The van der Waals surface area contributed by atoms with Crippen LogP contribution in [0.1, 0.15) is 19.8 Å². The van der Waals surface area contributed by atoms with Crippen molar-refractivity contribution in [1.29, 1.82) is 0 Å². The van der Waals surface area contributed by atoms with Gasteiger partial charge in [0.1, 0.15) is 24.4 Å². The van der Waals surface area contributed by atoms with Crippen LogP contribution in [-0.2, 0) is 18.9 Å². The van der Waals surface area contributed by atoms with Gasteiger partial charge in [-0.25, -0.2) is 0 Å². The maximum atomic E-state index is 9.96. The molecule has 2 heterocycles. The van der Waals surface area contributed by atoms with Gasteiger partial charge in [0.15, 0.2) is 12.6 Å². The van der Waals surface area contributed by atoms with E-state index in [1.807, 2.05) is 0 Å². The molecule has 5 N–H and O–H groups in total. The molecule has 0 bridgehead atoms. The van der Waals surface area contributed by atoms with Gasteiger partial charge in [-0.2, -0.15) is 0 Å². The van der Waals surface area contributed by atoms with Crippen LogP contribution in [0, 0.1) is 0 Å². The minimum absolute atomic E-state index is 0.0257. The van der Waals surface area contributed by atoms with E-state index in [1.54, 1.807) is 6.92 Å². The van der Waals surface area contributed by atoms with Gasteiger partial charge in [0.05, 0.1) is 25.4 Å². The van der Waals surface area contributed by atoms with Crippen molar-refractivity contribution < 1.29 is 44.5 Å². The summed E-state index contributed by atoms with van der Waals surface area (Å²) in [4.78, 5) is 0. The fourth-order valence-corrected chi connectivity index (χ4v) is 2.72. The van der Waals surface area contributed by atoms with Crippen molar-refractivity contribution in [3.63, 3.8) is 0 Å². The number of hydrogen-bond donors (Lipinski definition) is 5. The Morgan fingerprint density at radius 3 is 1.96 bits per heavy atom. The van der Waals surface area contributed by atoms with Gasteiger partial charge in [-0.3, -0.25) is 0 Å². The van der Waals surface area contributed by atoms with Gasteiger partial charge in [0, 0.05) is 19.4 Å². The second-order valence-corrected chi connectivity index (χ2v) is 5.77. The first-order valence-corrected chi connectivity index (χ1v) is 7.83. The van der Waals surface area contributed by atoms with E-state index in [0.29, 0.717) is 6.61 Å². The molecule has 23 heavy (non-hydrogen) atoms. The summed E-state index contributed by atoms with van der Waals surface area (Å²) in [6.07, 6.45) is -7.41. The van der Waals surface area contributed by atoms with E-state index < -0.39 is 55.8 Å². The van der Waals surface area contributed by atoms with Crippen LogP contribution in [0.4, 0.5) is 0 Å². The van der Waals surface area contributed by atoms with Crippen molar-refractivity contribution in [1.82, 2.24) is 0 Å². The Morgan fingerprint density at radius 2 is 1.39 bits per heavy atom. The Bertz CT molecular complexity index is 355. The lowest BCUT2D eigenvalue weighted by Crippen LogP contribution is -2.53. The molecule has 9 nitrogen and oxygen atoms in total. The zero-order valence-corrected chi connectivity index (χ0v) is 13.0. The van der Waals surface area contributed by atoms with Crippen LogP contribution in [0.5, 0.6) is 0 Å². The molecule has 8 atom stereocenters. The number of aliphatic hydroxyl groups is 5. The van der Waals surface area contributed by atoms with Crippen molar-refractivity contribution in [2.24, 2.45) is 0 Å². The molecule has 0 aliphatic carbocycles. The van der Waals surface area contributed by atoms with Gasteiger partial charge >= 0.3 is 0 Å². The lowest BCUT2D eigenvalue weighted by atomic mass is 10.0. The summed E-state index contributed by atoms with van der Waals surface area (Å²) in [7, 11) is 0. The molecule has 9 heteroatoms. The first kappa shape index (κ1) is 19.0. The second-order valence-electron chi connectivity index (χ2n) is 5.77. The molecular weight excluding hydrogens is 312 g/mol. The van der Waals surface area contributed by atoms with Crippen LogP contribution < -0.4 is 0 Å². The minimum atomic E-state index is -1.18. The van der Waals surface area contributed by atoms with E-state index in [9.17, 15) is 20.4 Å². The lowest BCUT2D eigenvalue weighted by molar-refractivity contribution is -0.291. The third-order valence-electron chi connectivity index (χ3n) is 4.05. The highest BCUT2D eigenvalue weighted by Gasteiger charge is 2.40. The van der Waals surface area contributed by atoms with Gasteiger partial charge in [-0.15, -0.1) is 0 Å². The Balaban J connectivity index is 1.86. The maximum absolute atomic E-state index is 9.96. The fourth-order valence-electron chi connectivity index (χ4n) is 2.72. The maximum Gasteiger partial charge on any atom is 0.160 e. The molecule has 0 spiro atoms.